The number of nitrogens with zero attached hydrogens (tertiary/aromatic N) is 8. The van der Waals surface area contributed by atoms with E-state index in [-0.39, 0.29) is 0 Å². The molecule has 0 fully saturated rings. The summed E-state index contributed by atoms with van der Waals surface area (Å²) in [5.74, 6) is 4.06. The molecule has 8 nitrogen and oxygen atoms in total. The minimum Gasteiger partial charge on any atom is -0.248 e. The molecule has 0 unspecified atom stereocenters. The molecule has 0 saturated heterocycles. The smallest absolute Gasteiger partial charge is 0.164 e. The van der Waals surface area contributed by atoms with Crippen LogP contribution in [0.4, 0.5) is 0 Å². The summed E-state index contributed by atoms with van der Waals surface area (Å²) in [6.07, 6.45) is 0. The second-order valence-electron chi connectivity index (χ2n) is 28.9. The Balaban J connectivity index is 0.000000118. The molecule has 0 spiro atoms. The van der Waals surface area contributed by atoms with Crippen molar-refractivity contribution in [3.05, 3.63) is 459 Å². The van der Waals surface area contributed by atoms with Gasteiger partial charge in [0.1, 0.15) is 0 Å². The topological polar surface area (TPSA) is 103 Å². The van der Waals surface area contributed by atoms with Crippen LogP contribution in [0.3, 0.4) is 0 Å². The summed E-state index contributed by atoms with van der Waals surface area (Å²) in [6.45, 7) is 8.39. The molecule has 0 amide bonds. The van der Waals surface area contributed by atoms with Crippen LogP contribution < -0.4 is 0 Å². The quantitative estimate of drug-likeness (QED) is 0.1000. The predicted octanol–water partition coefficient (Wildman–Crippen LogP) is 28.1. The van der Waals surface area contributed by atoms with Gasteiger partial charge in [0, 0.05) is 55.6 Å². The maximum Gasteiger partial charge on any atom is 0.164 e. The van der Waals surface area contributed by atoms with Gasteiger partial charge >= 0.3 is 0 Å². The van der Waals surface area contributed by atoms with Gasteiger partial charge in [-0.3, -0.25) is 0 Å². The van der Waals surface area contributed by atoms with Crippen LogP contribution in [-0.4, -0.2) is 39.9 Å². The molecule has 19 rings (SSSR count). The summed E-state index contributed by atoms with van der Waals surface area (Å²) in [5, 5.41) is 0. The van der Waals surface area contributed by atoms with Gasteiger partial charge in [-0.05, 0) is 119 Å². The van der Waals surface area contributed by atoms with Crippen molar-refractivity contribution in [2.24, 2.45) is 0 Å². The average Bonchev–Trinajstić information content (AvgIpc) is 0.802. The molecule has 0 saturated carbocycles. The first-order valence-corrected chi connectivity index (χ1v) is 39.7. The maximum atomic E-state index is 5.02. The Labute approximate surface area is 691 Å². The summed E-state index contributed by atoms with van der Waals surface area (Å²) in [7, 11) is 0. The number of hydrogen-bond acceptors (Lipinski definition) is 8. The van der Waals surface area contributed by atoms with Crippen molar-refractivity contribution in [3.8, 4) is 169 Å². The van der Waals surface area contributed by atoms with Gasteiger partial charge in [-0.2, -0.15) is 0 Å². The molecule has 19 aromatic rings. The zero-order chi connectivity index (χ0) is 80.2. The molecule has 0 aliphatic carbocycles. The van der Waals surface area contributed by atoms with E-state index < -0.39 is 0 Å². The van der Waals surface area contributed by atoms with Gasteiger partial charge in [-0.25, -0.2) is 39.9 Å². The first-order chi connectivity index (χ1) is 58.1. The van der Waals surface area contributed by atoms with Crippen molar-refractivity contribution in [3.63, 3.8) is 0 Å². The van der Waals surface area contributed by atoms with Crippen molar-refractivity contribution in [2.45, 2.75) is 27.7 Å². The van der Waals surface area contributed by atoms with Crippen LogP contribution in [0.15, 0.2) is 437 Å². The van der Waals surface area contributed by atoms with Crippen LogP contribution in [0.25, 0.3) is 169 Å². The number of pyridine rings is 2. The fourth-order valence-electron chi connectivity index (χ4n) is 14.0. The summed E-state index contributed by atoms with van der Waals surface area (Å²) >= 11 is 0. The highest BCUT2D eigenvalue weighted by Gasteiger charge is 2.17. The number of hydrogen-bond donors (Lipinski definition) is 0. The van der Waals surface area contributed by atoms with Crippen LogP contribution in [-0.2, 0) is 0 Å². The largest absolute Gasteiger partial charge is 0.248 e. The monoisotopic (exact) mass is 1520 g/mol. The minimum atomic E-state index is 0.670. The lowest BCUT2D eigenvalue weighted by Gasteiger charge is -2.11. The van der Waals surface area contributed by atoms with Gasteiger partial charge in [0.15, 0.2) is 34.9 Å². The number of rotatable bonds is 15. The highest BCUT2D eigenvalue weighted by molar-refractivity contribution is 5.80. The van der Waals surface area contributed by atoms with Gasteiger partial charge in [0.05, 0.1) is 22.8 Å². The van der Waals surface area contributed by atoms with Gasteiger partial charge in [-0.1, -0.05) is 424 Å². The van der Waals surface area contributed by atoms with Crippen LogP contribution >= 0.6 is 0 Å². The fourth-order valence-corrected chi connectivity index (χ4v) is 14.0. The van der Waals surface area contributed by atoms with E-state index in [1.807, 2.05) is 121 Å². The lowest BCUT2D eigenvalue weighted by atomic mass is 9.98. The second kappa shape index (κ2) is 37.1. The normalized spacial score (nSPS) is 10.7. The highest BCUT2D eigenvalue weighted by Crippen LogP contribution is 2.36. The van der Waals surface area contributed by atoms with Gasteiger partial charge in [0.25, 0.3) is 0 Å². The zero-order valence-corrected chi connectivity index (χ0v) is 66.1. The maximum absolute atomic E-state index is 5.02. The SMILES string of the molecule is Cc1cc(-c2ccccc2)nc(-c2ccc(-c3ccccc3)cc2)c1.Cc1ccc(-c2cc(-c3ccccc3)nc(-c3ccc(-c4ccccc4)cc3)c2)cc1.Cc1ccc(-c2nc(-c3ccccc3)nc(-c3ccc(-c4ccccc4)cc3)n2)cc1.Cc1ccccc1-c1nc(-c2ccccc2)nc(-c2ccc(-c3ccccc3)cc2)n1. The fraction of sp³-hybridized carbons (Fsp3) is 0.0364. The first-order valence-electron chi connectivity index (χ1n) is 39.7. The standard InChI is InChI=1S/C30H23N.2C28H21N3.C24H19N/c1-22-12-14-25(15-13-22)28-20-29(26-10-6-3-7-11-26)31-30(21-28)27-18-16-24(17-19-27)23-8-4-2-5-9-23;1-20-10-8-9-15-25(20)28-30-26(23-13-6-3-7-14-23)29-27(31-28)24-18-16-22(17-19-24)21-11-4-2-5-12-21;1-20-12-14-24(15-13-20)27-29-26(23-10-6-3-7-11-23)30-28(31-27)25-18-16-22(17-19-25)21-8-4-2-5-9-21;1-18-16-23(21-10-6-3-7-11-21)25-24(17-18)22-14-12-20(13-15-22)19-8-4-2-5-9-19/h2-21H,1H3;2*2-19H,1H3;2-17H,1H3. The highest BCUT2D eigenvalue weighted by atomic mass is 15.0. The van der Waals surface area contributed by atoms with Crippen molar-refractivity contribution in [1.29, 1.82) is 0 Å². The van der Waals surface area contributed by atoms with Crippen LogP contribution in [0.2, 0.25) is 0 Å². The van der Waals surface area contributed by atoms with E-state index in [4.69, 9.17) is 39.9 Å². The number of benzene rings is 15. The van der Waals surface area contributed by atoms with E-state index in [1.54, 1.807) is 0 Å². The van der Waals surface area contributed by atoms with Crippen LogP contribution in [0, 0.1) is 27.7 Å². The molecule has 118 heavy (non-hydrogen) atoms. The molecule has 0 bridgehead atoms. The van der Waals surface area contributed by atoms with Crippen molar-refractivity contribution in [1.82, 2.24) is 39.9 Å². The van der Waals surface area contributed by atoms with Crippen LogP contribution in [0.1, 0.15) is 22.3 Å². The molecule has 8 heteroatoms. The molecular weight excluding hydrogens is 1430 g/mol. The summed E-state index contributed by atoms with van der Waals surface area (Å²) in [6, 6.07) is 150. The van der Waals surface area contributed by atoms with Crippen molar-refractivity contribution >= 4 is 0 Å². The molecule has 0 aliphatic heterocycles. The second-order valence-corrected chi connectivity index (χ2v) is 28.9. The van der Waals surface area contributed by atoms with Crippen molar-refractivity contribution in [2.75, 3.05) is 0 Å². The van der Waals surface area contributed by atoms with Gasteiger partial charge in [-0.15, -0.1) is 0 Å². The number of aromatic nitrogens is 8. The number of aryl methyl sites for hydroxylation is 4. The third-order valence-corrected chi connectivity index (χ3v) is 20.4. The van der Waals surface area contributed by atoms with E-state index >= 15 is 0 Å². The van der Waals surface area contributed by atoms with Gasteiger partial charge in [0.2, 0.25) is 0 Å². The Morgan fingerprint density at radius 3 is 0.610 bits per heavy atom. The van der Waals surface area contributed by atoms with E-state index in [0.717, 1.165) is 84.0 Å². The Bertz CT molecular complexity index is 6250. The zero-order valence-electron chi connectivity index (χ0n) is 66.1. The molecule has 564 valence electrons. The third-order valence-electron chi connectivity index (χ3n) is 20.4. The van der Waals surface area contributed by atoms with Gasteiger partial charge < -0.3 is 0 Å². The molecule has 4 aromatic heterocycles. The Hall–Kier alpha value is -15.4. The first kappa shape index (κ1) is 76.6. The summed E-state index contributed by atoms with van der Waals surface area (Å²) in [4.78, 5) is 38.7. The average molecular weight is 1520 g/mol. The molecule has 4 heterocycles. The molecule has 0 radical (unpaired) electrons. The van der Waals surface area contributed by atoms with E-state index in [1.165, 1.54) is 72.3 Å². The lowest BCUT2D eigenvalue weighted by Crippen LogP contribution is -2.01. The third kappa shape index (κ3) is 19.3. The molecule has 0 atom stereocenters. The Morgan fingerprint density at radius 2 is 0.314 bits per heavy atom. The van der Waals surface area contributed by atoms with E-state index in [0.29, 0.717) is 34.9 Å². The summed E-state index contributed by atoms with van der Waals surface area (Å²) in [5.41, 5.74) is 31.2. The predicted molar refractivity (Wildman–Crippen MR) is 489 cm³/mol. The van der Waals surface area contributed by atoms with Crippen LogP contribution in [0.5, 0.6) is 0 Å². The molecule has 0 aliphatic rings. The summed E-state index contributed by atoms with van der Waals surface area (Å²) < 4.78 is 0. The minimum absolute atomic E-state index is 0.670. The molecule has 15 aromatic carbocycles. The molecule has 0 N–H and O–H groups in total. The Morgan fingerprint density at radius 1 is 0.127 bits per heavy atom. The van der Waals surface area contributed by atoms with Crippen molar-refractivity contribution < 1.29 is 0 Å². The Kier molecular flexibility index (Phi) is 24.1. The van der Waals surface area contributed by atoms with E-state index in [2.05, 4.69) is 343 Å². The molecular formula is C110H84N8. The lowest BCUT2D eigenvalue weighted by molar-refractivity contribution is 1.07. The van der Waals surface area contributed by atoms with E-state index in [9.17, 15) is 0 Å².